The highest BCUT2D eigenvalue weighted by Crippen LogP contribution is 2.30. The van der Waals surface area contributed by atoms with E-state index in [1.54, 1.807) is 19.3 Å². The number of benzene rings is 2. The van der Waals surface area contributed by atoms with Crippen LogP contribution in [0.3, 0.4) is 0 Å². The number of nitrogens with zero attached hydrogens (tertiary/aromatic N) is 1. The van der Waals surface area contributed by atoms with Crippen LogP contribution in [0.5, 0.6) is 11.5 Å². The Bertz CT molecular complexity index is 897. The van der Waals surface area contributed by atoms with Gasteiger partial charge in [-0.15, -0.1) is 0 Å². The number of ether oxygens (including phenoxy) is 3. The van der Waals surface area contributed by atoms with Gasteiger partial charge in [0.15, 0.2) is 17.2 Å². The first-order chi connectivity index (χ1) is 12.5. The van der Waals surface area contributed by atoms with Crippen LogP contribution in [0.1, 0.15) is 30.5 Å². The molecule has 0 unspecified atom stereocenters. The van der Waals surface area contributed by atoms with E-state index in [-0.39, 0.29) is 11.8 Å². The SMILES string of the molecule is COc1cc(/C=C2/N=C(c3cccc(C)c3)OC2=O)ccc1OC(C)C. The molecule has 1 aliphatic rings. The van der Waals surface area contributed by atoms with Gasteiger partial charge in [-0.1, -0.05) is 23.8 Å². The Hall–Kier alpha value is -3.08. The van der Waals surface area contributed by atoms with Crippen LogP contribution in [0.25, 0.3) is 6.08 Å². The van der Waals surface area contributed by atoms with E-state index in [2.05, 4.69) is 4.99 Å². The van der Waals surface area contributed by atoms with Crippen LogP contribution in [0, 0.1) is 6.92 Å². The molecule has 0 spiro atoms. The van der Waals surface area contributed by atoms with Gasteiger partial charge >= 0.3 is 5.97 Å². The largest absolute Gasteiger partial charge is 0.493 e. The lowest BCUT2D eigenvalue weighted by Crippen LogP contribution is -2.06. The van der Waals surface area contributed by atoms with E-state index in [9.17, 15) is 4.79 Å². The first-order valence-corrected chi connectivity index (χ1v) is 8.40. The highest BCUT2D eigenvalue weighted by Gasteiger charge is 2.24. The van der Waals surface area contributed by atoms with Gasteiger partial charge in [0, 0.05) is 5.56 Å². The topological polar surface area (TPSA) is 57.1 Å². The van der Waals surface area contributed by atoms with Gasteiger partial charge in [0.25, 0.3) is 0 Å². The number of carbonyl (C=O) groups is 1. The molecule has 1 heterocycles. The third-order valence-electron chi connectivity index (χ3n) is 3.74. The third-order valence-corrected chi connectivity index (χ3v) is 3.74. The average molecular weight is 351 g/mol. The van der Waals surface area contributed by atoms with Gasteiger partial charge in [-0.2, -0.15) is 0 Å². The van der Waals surface area contributed by atoms with E-state index in [0.29, 0.717) is 17.4 Å². The predicted molar refractivity (Wildman–Crippen MR) is 101 cm³/mol. The molecule has 0 aromatic heterocycles. The summed E-state index contributed by atoms with van der Waals surface area (Å²) in [5.41, 5.74) is 2.88. The molecule has 0 N–H and O–H groups in total. The number of aryl methyl sites for hydroxylation is 1. The molecule has 5 nitrogen and oxygen atoms in total. The minimum absolute atomic E-state index is 0.0411. The summed E-state index contributed by atoms with van der Waals surface area (Å²) in [7, 11) is 1.58. The Morgan fingerprint density at radius 2 is 1.92 bits per heavy atom. The van der Waals surface area contributed by atoms with Crippen molar-refractivity contribution >= 4 is 17.9 Å². The summed E-state index contributed by atoms with van der Waals surface area (Å²) in [4.78, 5) is 16.5. The molecule has 134 valence electrons. The second-order valence-corrected chi connectivity index (χ2v) is 6.28. The number of hydrogen-bond acceptors (Lipinski definition) is 5. The van der Waals surface area contributed by atoms with Crippen molar-refractivity contribution in [3.8, 4) is 11.5 Å². The van der Waals surface area contributed by atoms with E-state index in [1.165, 1.54) is 0 Å². The Morgan fingerprint density at radius 3 is 2.62 bits per heavy atom. The molecule has 0 bridgehead atoms. The van der Waals surface area contributed by atoms with E-state index < -0.39 is 5.97 Å². The fraction of sp³-hybridized carbons (Fsp3) is 0.238. The Labute approximate surface area is 152 Å². The van der Waals surface area contributed by atoms with Crippen molar-refractivity contribution in [1.82, 2.24) is 0 Å². The fourth-order valence-electron chi connectivity index (χ4n) is 2.59. The Morgan fingerprint density at radius 1 is 1.12 bits per heavy atom. The van der Waals surface area contributed by atoms with Gasteiger partial charge in [0.2, 0.25) is 5.90 Å². The molecule has 5 heteroatoms. The van der Waals surface area contributed by atoms with Crippen molar-refractivity contribution in [2.45, 2.75) is 26.9 Å². The van der Waals surface area contributed by atoms with Crippen molar-refractivity contribution < 1.29 is 19.0 Å². The molecule has 2 aromatic carbocycles. The molecule has 0 atom stereocenters. The fourth-order valence-corrected chi connectivity index (χ4v) is 2.59. The summed E-state index contributed by atoms with van der Waals surface area (Å²) in [6, 6.07) is 13.1. The molecular formula is C21H21NO4. The third kappa shape index (κ3) is 3.94. The zero-order valence-corrected chi connectivity index (χ0v) is 15.3. The molecule has 1 aliphatic heterocycles. The van der Waals surface area contributed by atoms with Crippen LogP contribution >= 0.6 is 0 Å². The minimum Gasteiger partial charge on any atom is -0.493 e. The molecule has 0 saturated carbocycles. The van der Waals surface area contributed by atoms with Gasteiger partial charge in [0.1, 0.15) is 0 Å². The van der Waals surface area contributed by atoms with E-state index in [0.717, 1.165) is 16.7 Å². The number of hydrogen-bond donors (Lipinski definition) is 0. The zero-order chi connectivity index (χ0) is 18.7. The molecule has 0 amide bonds. The summed E-state index contributed by atoms with van der Waals surface area (Å²) in [5, 5.41) is 0. The van der Waals surface area contributed by atoms with Gasteiger partial charge in [-0.25, -0.2) is 9.79 Å². The van der Waals surface area contributed by atoms with Crippen molar-refractivity contribution in [3.05, 3.63) is 64.9 Å². The molecule has 0 radical (unpaired) electrons. The number of cyclic esters (lactones) is 1. The zero-order valence-electron chi connectivity index (χ0n) is 15.3. The van der Waals surface area contributed by atoms with E-state index in [1.807, 2.05) is 57.2 Å². The maximum Gasteiger partial charge on any atom is 0.363 e. The molecular weight excluding hydrogens is 330 g/mol. The first kappa shape index (κ1) is 17.7. The number of esters is 1. The van der Waals surface area contributed by atoms with Crippen LogP contribution in [0.15, 0.2) is 53.2 Å². The second-order valence-electron chi connectivity index (χ2n) is 6.28. The van der Waals surface area contributed by atoms with Crippen molar-refractivity contribution in [2.75, 3.05) is 7.11 Å². The number of aliphatic imine (C=N–C) groups is 1. The van der Waals surface area contributed by atoms with Crippen molar-refractivity contribution in [1.29, 1.82) is 0 Å². The van der Waals surface area contributed by atoms with Crippen LogP contribution in [-0.4, -0.2) is 25.1 Å². The van der Waals surface area contributed by atoms with Crippen molar-refractivity contribution in [3.63, 3.8) is 0 Å². The molecule has 2 aromatic rings. The summed E-state index contributed by atoms with van der Waals surface area (Å²) >= 11 is 0. The number of methoxy groups -OCH3 is 1. The van der Waals surface area contributed by atoms with Crippen LogP contribution in [0.2, 0.25) is 0 Å². The van der Waals surface area contributed by atoms with Gasteiger partial charge in [-0.05, 0) is 56.7 Å². The smallest absolute Gasteiger partial charge is 0.363 e. The first-order valence-electron chi connectivity index (χ1n) is 8.40. The molecule has 0 fully saturated rings. The lowest BCUT2D eigenvalue weighted by Gasteiger charge is -2.13. The maximum absolute atomic E-state index is 12.2. The van der Waals surface area contributed by atoms with Gasteiger partial charge in [0.05, 0.1) is 13.2 Å². The van der Waals surface area contributed by atoms with Crippen LogP contribution < -0.4 is 9.47 Å². The Balaban J connectivity index is 1.90. The Kier molecular flexibility index (Phi) is 5.07. The van der Waals surface area contributed by atoms with Crippen LogP contribution in [-0.2, 0) is 9.53 Å². The second kappa shape index (κ2) is 7.44. The normalized spacial score (nSPS) is 15.2. The molecule has 26 heavy (non-hydrogen) atoms. The van der Waals surface area contributed by atoms with Gasteiger partial charge < -0.3 is 14.2 Å². The summed E-state index contributed by atoms with van der Waals surface area (Å²) in [6.45, 7) is 5.88. The molecule has 0 aliphatic carbocycles. The number of carbonyl (C=O) groups excluding carboxylic acids is 1. The van der Waals surface area contributed by atoms with Crippen molar-refractivity contribution in [2.24, 2.45) is 4.99 Å². The predicted octanol–water partition coefficient (Wildman–Crippen LogP) is 4.14. The monoisotopic (exact) mass is 351 g/mol. The summed E-state index contributed by atoms with van der Waals surface area (Å²) in [6.07, 6.45) is 1.71. The van der Waals surface area contributed by atoms with Crippen LogP contribution in [0.4, 0.5) is 0 Å². The standard InChI is InChI=1S/C21H21NO4/c1-13(2)25-18-9-8-15(12-19(18)24-4)11-17-21(23)26-20(22-17)16-7-5-6-14(3)10-16/h5-13H,1-4H3/b17-11+. The number of rotatable bonds is 5. The highest BCUT2D eigenvalue weighted by atomic mass is 16.6. The minimum atomic E-state index is -0.469. The quantitative estimate of drug-likeness (QED) is 0.600. The molecule has 0 saturated heterocycles. The lowest BCUT2D eigenvalue weighted by atomic mass is 10.1. The van der Waals surface area contributed by atoms with E-state index >= 15 is 0 Å². The average Bonchev–Trinajstić information content (AvgIpc) is 2.96. The lowest BCUT2D eigenvalue weighted by molar-refractivity contribution is -0.129. The molecule has 3 rings (SSSR count). The van der Waals surface area contributed by atoms with E-state index in [4.69, 9.17) is 14.2 Å². The summed E-state index contributed by atoms with van der Waals surface area (Å²) < 4.78 is 16.4. The highest BCUT2D eigenvalue weighted by molar-refractivity contribution is 6.12. The maximum atomic E-state index is 12.2. The summed E-state index contributed by atoms with van der Waals surface area (Å²) in [5.74, 6) is 1.10. The van der Waals surface area contributed by atoms with Gasteiger partial charge in [-0.3, -0.25) is 0 Å².